The molecule has 0 N–H and O–H groups in total. The summed E-state index contributed by atoms with van der Waals surface area (Å²) in [6.45, 7) is 4.36. The SMILES string of the molecule is CCOc1ccc(C#N)nc1C. The third-order valence-electron chi connectivity index (χ3n) is 1.45. The molecule has 0 unspecified atom stereocenters. The smallest absolute Gasteiger partial charge is 0.141 e. The molecule has 1 rings (SSSR count). The van der Waals surface area contributed by atoms with Gasteiger partial charge in [-0.1, -0.05) is 0 Å². The summed E-state index contributed by atoms with van der Waals surface area (Å²) in [7, 11) is 0. The molecule has 1 aromatic rings. The van der Waals surface area contributed by atoms with Gasteiger partial charge in [-0.25, -0.2) is 4.98 Å². The number of pyridine rings is 1. The number of aromatic nitrogens is 1. The largest absolute Gasteiger partial charge is 0.492 e. The maximum atomic E-state index is 8.53. The molecule has 0 atom stereocenters. The molecule has 0 saturated carbocycles. The van der Waals surface area contributed by atoms with Gasteiger partial charge in [-0.15, -0.1) is 0 Å². The molecule has 0 fully saturated rings. The van der Waals surface area contributed by atoms with Crippen LogP contribution >= 0.6 is 0 Å². The molecule has 0 amide bonds. The minimum atomic E-state index is 0.427. The van der Waals surface area contributed by atoms with E-state index in [4.69, 9.17) is 10.00 Å². The zero-order valence-electron chi connectivity index (χ0n) is 7.16. The van der Waals surface area contributed by atoms with E-state index in [1.807, 2.05) is 19.9 Å². The average Bonchev–Trinajstić information content (AvgIpc) is 2.09. The molecule has 0 bridgehead atoms. The highest BCUT2D eigenvalue weighted by Crippen LogP contribution is 2.14. The lowest BCUT2D eigenvalue weighted by Crippen LogP contribution is -1.96. The van der Waals surface area contributed by atoms with E-state index in [0.29, 0.717) is 12.3 Å². The summed E-state index contributed by atoms with van der Waals surface area (Å²) in [5.74, 6) is 0.747. The maximum Gasteiger partial charge on any atom is 0.141 e. The van der Waals surface area contributed by atoms with Gasteiger partial charge in [-0.2, -0.15) is 5.26 Å². The van der Waals surface area contributed by atoms with Gasteiger partial charge in [0.25, 0.3) is 0 Å². The van der Waals surface area contributed by atoms with Crippen LogP contribution in [-0.2, 0) is 0 Å². The molecule has 3 heteroatoms. The van der Waals surface area contributed by atoms with Crippen molar-refractivity contribution >= 4 is 0 Å². The van der Waals surface area contributed by atoms with Gasteiger partial charge in [0, 0.05) is 0 Å². The monoisotopic (exact) mass is 162 g/mol. The highest BCUT2D eigenvalue weighted by molar-refractivity contribution is 5.32. The lowest BCUT2D eigenvalue weighted by Gasteiger charge is -2.04. The van der Waals surface area contributed by atoms with E-state index < -0.39 is 0 Å². The Morgan fingerprint density at radius 1 is 1.58 bits per heavy atom. The van der Waals surface area contributed by atoms with Crippen LogP contribution in [0.4, 0.5) is 0 Å². The molecule has 0 radical (unpaired) electrons. The molecule has 3 nitrogen and oxygen atoms in total. The highest BCUT2D eigenvalue weighted by atomic mass is 16.5. The van der Waals surface area contributed by atoms with E-state index in [2.05, 4.69) is 4.98 Å². The molecule has 1 heterocycles. The molecular formula is C9H10N2O. The van der Waals surface area contributed by atoms with Gasteiger partial charge < -0.3 is 4.74 Å². The first kappa shape index (κ1) is 8.54. The topological polar surface area (TPSA) is 45.9 Å². The Balaban J connectivity index is 2.97. The molecule has 62 valence electrons. The van der Waals surface area contributed by atoms with Gasteiger partial charge in [-0.05, 0) is 26.0 Å². The normalized spacial score (nSPS) is 9.08. The third-order valence-corrected chi connectivity index (χ3v) is 1.45. The first-order chi connectivity index (χ1) is 5.77. The van der Waals surface area contributed by atoms with Gasteiger partial charge in [0.15, 0.2) is 0 Å². The third kappa shape index (κ3) is 1.73. The van der Waals surface area contributed by atoms with Gasteiger partial charge in [0.05, 0.1) is 12.3 Å². The van der Waals surface area contributed by atoms with Crippen LogP contribution < -0.4 is 4.74 Å². The molecule has 0 aliphatic heterocycles. The van der Waals surface area contributed by atoms with E-state index >= 15 is 0 Å². The Kier molecular flexibility index (Phi) is 2.65. The molecule has 12 heavy (non-hydrogen) atoms. The van der Waals surface area contributed by atoms with Crippen molar-refractivity contribution in [2.45, 2.75) is 13.8 Å². The second kappa shape index (κ2) is 3.72. The van der Waals surface area contributed by atoms with E-state index in [1.165, 1.54) is 0 Å². The Hall–Kier alpha value is -1.56. The number of hydrogen-bond donors (Lipinski definition) is 0. The summed E-state index contributed by atoms with van der Waals surface area (Å²) in [5, 5.41) is 8.53. The van der Waals surface area contributed by atoms with E-state index in [0.717, 1.165) is 11.4 Å². The van der Waals surface area contributed by atoms with Crippen molar-refractivity contribution in [3.05, 3.63) is 23.5 Å². The second-order valence-corrected chi connectivity index (χ2v) is 2.32. The van der Waals surface area contributed by atoms with Crippen molar-refractivity contribution in [1.82, 2.24) is 4.98 Å². The van der Waals surface area contributed by atoms with E-state index in [-0.39, 0.29) is 0 Å². The summed E-state index contributed by atoms with van der Waals surface area (Å²) in [6, 6.07) is 5.39. The van der Waals surface area contributed by atoms with Crippen molar-refractivity contribution in [3.63, 3.8) is 0 Å². The lowest BCUT2D eigenvalue weighted by atomic mass is 10.3. The first-order valence-electron chi connectivity index (χ1n) is 3.78. The van der Waals surface area contributed by atoms with Crippen LogP contribution in [0.5, 0.6) is 5.75 Å². The summed E-state index contributed by atoms with van der Waals surface area (Å²) < 4.78 is 5.26. The summed E-state index contributed by atoms with van der Waals surface area (Å²) in [4.78, 5) is 4.02. The van der Waals surface area contributed by atoms with Crippen LogP contribution in [0.3, 0.4) is 0 Å². The minimum absolute atomic E-state index is 0.427. The number of rotatable bonds is 2. The molecule has 0 aliphatic rings. The molecule has 0 saturated heterocycles. The quantitative estimate of drug-likeness (QED) is 0.664. The van der Waals surface area contributed by atoms with Gasteiger partial charge >= 0.3 is 0 Å². The molecule has 0 aromatic carbocycles. The van der Waals surface area contributed by atoms with Crippen LogP contribution in [0.15, 0.2) is 12.1 Å². The summed E-state index contributed by atoms with van der Waals surface area (Å²) >= 11 is 0. The van der Waals surface area contributed by atoms with Crippen LogP contribution in [0.25, 0.3) is 0 Å². The second-order valence-electron chi connectivity index (χ2n) is 2.32. The highest BCUT2D eigenvalue weighted by Gasteiger charge is 2.00. The predicted molar refractivity (Wildman–Crippen MR) is 44.9 cm³/mol. The fraction of sp³-hybridized carbons (Fsp3) is 0.333. The van der Waals surface area contributed by atoms with E-state index in [1.54, 1.807) is 12.1 Å². The van der Waals surface area contributed by atoms with Crippen LogP contribution in [0, 0.1) is 18.3 Å². The first-order valence-corrected chi connectivity index (χ1v) is 3.78. The van der Waals surface area contributed by atoms with Gasteiger partial charge in [-0.3, -0.25) is 0 Å². The number of ether oxygens (including phenoxy) is 1. The fourth-order valence-corrected chi connectivity index (χ4v) is 0.919. The molecule has 1 aromatic heterocycles. The summed E-state index contributed by atoms with van der Waals surface area (Å²) in [5.41, 5.74) is 1.19. The Morgan fingerprint density at radius 3 is 2.83 bits per heavy atom. The molecule has 0 aliphatic carbocycles. The lowest BCUT2D eigenvalue weighted by molar-refractivity contribution is 0.336. The van der Waals surface area contributed by atoms with Crippen molar-refractivity contribution in [3.8, 4) is 11.8 Å². The Bertz CT molecular complexity index is 315. The van der Waals surface area contributed by atoms with Gasteiger partial charge in [0.2, 0.25) is 0 Å². The van der Waals surface area contributed by atoms with Crippen LogP contribution in [-0.4, -0.2) is 11.6 Å². The maximum absolute atomic E-state index is 8.53. The number of nitriles is 1. The van der Waals surface area contributed by atoms with Crippen molar-refractivity contribution in [2.24, 2.45) is 0 Å². The van der Waals surface area contributed by atoms with Crippen molar-refractivity contribution in [1.29, 1.82) is 5.26 Å². The summed E-state index contributed by atoms with van der Waals surface area (Å²) in [6.07, 6.45) is 0. The zero-order valence-corrected chi connectivity index (χ0v) is 7.16. The molecule has 0 spiro atoms. The van der Waals surface area contributed by atoms with Crippen LogP contribution in [0.2, 0.25) is 0 Å². The number of hydrogen-bond acceptors (Lipinski definition) is 3. The minimum Gasteiger partial charge on any atom is -0.492 e. The number of nitrogens with zero attached hydrogens (tertiary/aromatic N) is 2. The van der Waals surface area contributed by atoms with Crippen molar-refractivity contribution < 1.29 is 4.74 Å². The Labute approximate surface area is 71.6 Å². The van der Waals surface area contributed by atoms with Crippen molar-refractivity contribution in [2.75, 3.05) is 6.61 Å². The van der Waals surface area contributed by atoms with Crippen LogP contribution in [0.1, 0.15) is 18.3 Å². The Morgan fingerprint density at radius 2 is 2.33 bits per heavy atom. The predicted octanol–water partition coefficient (Wildman–Crippen LogP) is 1.66. The van der Waals surface area contributed by atoms with Gasteiger partial charge in [0.1, 0.15) is 17.5 Å². The number of aryl methyl sites for hydroxylation is 1. The van der Waals surface area contributed by atoms with E-state index in [9.17, 15) is 0 Å². The average molecular weight is 162 g/mol. The molecular weight excluding hydrogens is 152 g/mol. The zero-order chi connectivity index (χ0) is 8.97. The fourth-order valence-electron chi connectivity index (χ4n) is 0.919. The standard InChI is InChI=1S/C9H10N2O/c1-3-12-9-5-4-8(6-10)11-7(9)2/h4-5H,3H2,1-2H3.